The molecule has 0 aliphatic carbocycles. The fourth-order valence-corrected chi connectivity index (χ4v) is 5.02. The van der Waals surface area contributed by atoms with E-state index in [0.29, 0.717) is 29.2 Å². The third kappa shape index (κ3) is 2.90. The van der Waals surface area contributed by atoms with Crippen LogP contribution >= 0.6 is 11.3 Å². The number of nitrogens with zero attached hydrogens (tertiary/aromatic N) is 3. The van der Waals surface area contributed by atoms with E-state index in [0.717, 1.165) is 40.0 Å². The molecule has 29 heavy (non-hydrogen) atoms. The number of nitrogen functional groups attached to an aromatic ring is 1. The minimum atomic E-state index is -0.227. The quantitative estimate of drug-likeness (QED) is 0.473. The molecule has 1 aliphatic rings. The first-order valence-corrected chi connectivity index (χ1v) is 10.7. The van der Waals surface area contributed by atoms with Crippen molar-refractivity contribution in [3.8, 4) is 11.4 Å². The molecule has 5 rings (SSSR count). The Morgan fingerprint density at radius 2 is 1.90 bits per heavy atom. The first-order valence-electron chi connectivity index (χ1n) is 9.78. The van der Waals surface area contributed by atoms with Gasteiger partial charge in [-0.05, 0) is 50.5 Å². The summed E-state index contributed by atoms with van der Waals surface area (Å²) in [6.45, 7) is 6.47. The molecular weight excluding hydrogens is 384 g/mol. The van der Waals surface area contributed by atoms with Crippen molar-refractivity contribution < 1.29 is 0 Å². The van der Waals surface area contributed by atoms with E-state index >= 15 is 0 Å². The number of thiophene rings is 1. The molecular formula is C21H24N6OS. The number of H-pyrrole nitrogens is 2. The van der Waals surface area contributed by atoms with E-state index in [9.17, 15) is 4.79 Å². The Morgan fingerprint density at radius 3 is 2.66 bits per heavy atom. The Bertz CT molecular complexity index is 1260. The summed E-state index contributed by atoms with van der Waals surface area (Å²) in [6.07, 6.45) is 0. The number of nitrogens with one attached hydrogen (secondary N) is 2. The number of pyridine rings is 1. The van der Waals surface area contributed by atoms with Crippen LogP contribution in [0.3, 0.4) is 0 Å². The molecule has 0 bridgehead atoms. The topological polar surface area (TPSA) is 94.0 Å². The first-order chi connectivity index (χ1) is 13.9. The van der Waals surface area contributed by atoms with Crippen LogP contribution < -0.4 is 16.2 Å². The zero-order chi connectivity index (χ0) is 20.3. The van der Waals surface area contributed by atoms with E-state index in [2.05, 4.69) is 57.8 Å². The second kappa shape index (κ2) is 6.60. The summed E-state index contributed by atoms with van der Waals surface area (Å²) >= 11 is 1.51. The van der Waals surface area contributed by atoms with Crippen LogP contribution in [0.2, 0.25) is 0 Å². The summed E-state index contributed by atoms with van der Waals surface area (Å²) in [6, 6.07) is 9.07. The van der Waals surface area contributed by atoms with Crippen molar-refractivity contribution >= 4 is 44.0 Å². The molecule has 1 aliphatic heterocycles. The van der Waals surface area contributed by atoms with Crippen LogP contribution in [-0.2, 0) is 0 Å². The molecule has 2 atom stereocenters. The molecule has 0 radical (unpaired) electrons. The lowest BCUT2D eigenvalue weighted by molar-refractivity contribution is 0.170. The molecule has 4 heterocycles. The SMILES string of the molecule is CC1CN(c2ccc3nc(-c4c(N)c5sccc5[nH]c4=O)[nH]c3c2)CC(C)N1C. The molecule has 0 amide bonds. The van der Waals surface area contributed by atoms with Gasteiger partial charge in [0.25, 0.3) is 5.56 Å². The highest BCUT2D eigenvalue weighted by atomic mass is 32.1. The van der Waals surface area contributed by atoms with Crippen molar-refractivity contribution in [3.63, 3.8) is 0 Å². The van der Waals surface area contributed by atoms with Gasteiger partial charge in [-0.25, -0.2) is 4.98 Å². The number of benzene rings is 1. The molecule has 4 N–H and O–H groups in total. The molecule has 0 spiro atoms. The summed E-state index contributed by atoms with van der Waals surface area (Å²) in [5.74, 6) is 0.506. The zero-order valence-electron chi connectivity index (χ0n) is 16.7. The van der Waals surface area contributed by atoms with Crippen molar-refractivity contribution in [2.45, 2.75) is 25.9 Å². The number of nitrogens with two attached hydrogens (primary N) is 1. The van der Waals surface area contributed by atoms with Crippen molar-refractivity contribution in [2.75, 3.05) is 30.8 Å². The van der Waals surface area contributed by atoms with Gasteiger partial charge < -0.3 is 20.6 Å². The third-order valence-electron chi connectivity index (χ3n) is 6.08. The van der Waals surface area contributed by atoms with E-state index in [-0.39, 0.29) is 5.56 Å². The Morgan fingerprint density at radius 1 is 1.14 bits per heavy atom. The maximum atomic E-state index is 12.6. The van der Waals surface area contributed by atoms with E-state index in [4.69, 9.17) is 5.73 Å². The fourth-order valence-electron chi connectivity index (χ4n) is 4.20. The monoisotopic (exact) mass is 408 g/mol. The molecule has 1 fully saturated rings. The van der Waals surface area contributed by atoms with Gasteiger partial charge in [-0.3, -0.25) is 9.69 Å². The van der Waals surface area contributed by atoms with Crippen molar-refractivity contribution in [2.24, 2.45) is 0 Å². The van der Waals surface area contributed by atoms with Gasteiger partial charge in [0, 0.05) is 30.9 Å². The van der Waals surface area contributed by atoms with E-state index in [1.54, 1.807) is 0 Å². The molecule has 7 nitrogen and oxygen atoms in total. The Hall–Kier alpha value is -2.84. The Balaban J connectivity index is 1.56. The number of rotatable bonds is 2. The second-order valence-electron chi connectivity index (χ2n) is 7.96. The Kier molecular flexibility index (Phi) is 4.15. The lowest BCUT2D eigenvalue weighted by Crippen LogP contribution is -2.55. The van der Waals surface area contributed by atoms with Gasteiger partial charge in [0.05, 0.1) is 26.9 Å². The van der Waals surface area contributed by atoms with Crippen LogP contribution in [-0.4, -0.2) is 52.1 Å². The lowest BCUT2D eigenvalue weighted by atomic mass is 10.1. The third-order valence-corrected chi connectivity index (χ3v) is 7.03. The molecule has 4 aromatic rings. The number of piperazine rings is 1. The number of hydrogen-bond acceptors (Lipinski definition) is 6. The standard InChI is InChI=1S/C21H24N6OS/c1-11-9-27(10-12(2)26(11)3)13-4-5-14-16(8-13)24-20(23-14)17-18(22)19-15(6-7-29-19)25-21(17)28/h4-8,11-12H,9-10H2,1-3H3,(H,23,24)(H3,22,25,28). The van der Waals surface area contributed by atoms with E-state index in [1.165, 1.54) is 11.3 Å². The van der Waals surface area contributed by atoms with Gasteiger partial charge in [-0.1, -0.05) is 0 Å². The van der Waals surface area contributed by atoms with E-state index in [1.807, 2.05) is 17.5 Å². The molecule has 2 unspecified atom stereocenters. The normalized spacial score (nSPS) is 20.7. The zero-order valence-corrected chi connectivity index (χ0v) is 17.5. The highest BCUT2D eigenvalue weighted by molar-refractivity contribution is 7.17. The fraction of sp³-hybridized carbons (Fsp3) is 0.333. The number of fused-ring (bicyclic) bond motifs is 2. The molecule has 1 aromatic carbocycles. The van der Waals surface area contributed by atoms with Crippen LogP contribution in [0.4, 0.5) is 11.4 Å². The predicted molar refractivity (Wildman–Crippen MR) is 121 cm³/mol. The minimum absolute atomic E-state index is 0.227. The van der Waals surface area contributed by atoms with Crippen LogP contribution in [0.1, 0.15) is 13.8 Å². The van der Waals surface area contributed by atoms with Crippen molar-refractivity contribution in [3.05, 3.63) is 40.0 Å². The number of aromatic amines is 2. The second-order valence-corrected chi connectivity index (χ2v) is 8.88. The van der Waals surface area contributed by atoms with Gasteiger partial charge in [-0.15, -0.1) is 11.3 Å². The summed E-state index contributed by atoms with van der Waals surface area (Å²) in [7, 11) is 2.18. The molecule has 3 aromatic heterocycles. The average molecular weight is 409 g/mol. The van der Waals surface area contributed by atoms with Crippen molar-refractivity contribution in [1.29, 1.82) is 0 Å². The van der Waals surface area contributed by atoms with Crippen LogP contribution in [0.15, 0.2) is 34.4 Å². The lowest BCUT2D eigenvalue weighted by Gasteiger charge is -2.43. The van der Waals surface area contributed by atoms with Gasteiger partial charge in [0.1, 0.15) is 11.4 Å². The van der Waals surface area contributed by atoms with Gasteiger partial charge in [-0.2, -0.15) is 0 Å². The number of hydrogen-bond donors (Lipinski definition) is 3. The van der Waals surface area contributed by atoms with Crippen LogP contribution in [0.5, 0.6) is 0 Å². The number of aromatic nitrogens is 3. The van der Waals surface area contributed by atoms with E-state index < -0.39 is 0 Å². The summed E-state index contributed by atoms with van der Waals surface area (Å²) in [5, 5.41) is 1.92. The summed E-state index contributed by atoms with van der Waals surface area (Å²) in [5.41, 5.74) is 10.6. The minimum Gasteiger partial charge on any atom is -0.397 e. The molecule has 8 heteroatoms. The highest BCUT2D eigenvalue weighted by Gasteiger charge is 2.27. The Labute approximate surface area is 172 Å². The van der Waals surface area contributed by atoms with Gasteiger partial charge >= 0.3 is 0 Å². The van der Waals surface area contributed by atoms with Gasteiger partial charge in [0.2, 0.25) is 0 Å². The number of anilines is 2. The largest absolute Gasteiger partial charge is 0.397 e. The number of imidazole rings is 1. The van der Waals surface area contributed by atoms with Crippen LogP contribution in [0.25, 0.3) is 32.6 Å². The maximum absolute atomic E-state index is 12.6. The predicted octanol–water partition coefficient (Wildman–Crippen LogP) is 3.24. The summed E-state index contributed by atoms with van der Waals surface area (Å²) < 4.78 is 0.876. The summed E-state index contributed by atoms with van der Waals surface area (Å²) in [4.78, 5) is 28.3. The maximum Gasteiger partial charge on any atom is 0.261 e. The average Bonchev–Trinajstić information content (AvgIpc) is 3.31. The van der Waals surface area contributed by atoms with Crippen LogP contribution in [0, 0.1) is 0 Å². The first kappa shape index (κ1) is 18.2. The molecule has 0 saturated carbocycles. The molecule has 1 saturated heterocycles. The highest BCUT2D eigenvalue weighted by Crippen LogP contribution is 2.32. The molecule has 150 valence electrons. The van der Waals surface area contributed by atoms with Crippen molar-refractivity contribution in [1.82, 2.24) is 19.9 Å². The number of likely N-dealkylation sites (N-methyl/N-ethyl adjacent to an activating group) is 1. The van der Waals surface area contributed by atoms with Gasteiger partial charge in [0.15, 0.2) is 0 Å². The smallest absolute Gasteiger partial charge is 0.261 e.